The molecule has 0 heterocycles. The Balaban J connectivity index is 2.36. The van der Waals surface area contributed by atoms with Crippen LogP contribution < -0.4 is 11.1 Å². The van der Waals surface area contributed by atoms with Gasteiger partial charge in [-0.15, -0.1) is 0 Å². The van der Waals surface area contributed by atoms with Crippen LogP contribution in [0.3, 0.4) is 0 Å². The molecule has 2 atom stereocenters. The first-order valence-electron chi connectivity index (χ1n) is 6.84. The number of hydrogen-bond donors (Lipinski definition) is 2. The molecule has 0 aromatic heterocycles. The summed E-state index contributed by atoms with van der Waals surface area (Å²) in [6.07, 6.45) is 1.11. The fraction of sp³-hybridized carbons (Fsp3) is 0.533. The summed E-state index contributed by atoms with van der Waals surface area (Å²) in [6.45, 7) is 5.80. The van der Waals surface area contributed by atoms with Crippen molar-refractivity contribution in [1.82, 2.24) is 10.2 Å². The van der Waals surface area contributed by atoms with Crippen LogP contribution in [0.5, 0.6) is 0 Å². The molecule has 0 aliphatic heterocycles. The summed E-state index contributed by atoms with van der Waals surface area (Å²) in [7, 11) is 2.07. The topological polar surface area (TPSA) is 58.4 Å². The van der Waals surface area contributed by atoms with E-state index in [4.69, 9.17) is 5.73 Å². The van der Waals surface area contributed by atoms with E-state index in [0.29, 0.717) is 12.6 Å². The molecule has 1 aromatic carbocycles. The fourth-order valence-corrected chi connectivity index (χ4v) is 1.81. The highest BCUT2D eigenvalue weighted by molar-refractivity contribution is 5.82. The predicted molar refractivity (Wildman–Crippen MR) is 78.8 cm³/mol. The summed E-state index contributed by atoms with van der Waals surface area (Å²) >= 11 is 0. The monoisotopic (exact) mass is 263 g/mol. The SMILES string of the molecule is CCC(C)N(C)CCNC(=O)[C@@H](N)c1ccccc1. The van der Waals surface area contributed by atoms with Crippen LogP contribution in [-0.2, 0) is 4.79 Å². The molecule has 1 unspecified atom stereocenters. The van der Waals surface area contributed by atoms with Gasteiger partial charge in [-0.3, -0.25) is 4.79 Å². The minimum absolute atomic E-state index is 0.122. The quantitative estimate of drug-likeness (QED) is 0.784. The molecule has 0 radical (unpaired) electrons. The van der Waals surface area contributed by atoms with Gasteiger partial charge >= 0.3 is 0 Å². The highest BCUT2D eigenvalue weighted by atomic mass is 16.2. The maximum atomic E-state index is 11.9. The predicted octanol–water partition coefficient (Wildman–Crippen LogP) is 1.53. The van der Waals surface area contributed by atoms with Crippen LogP contribution in [0.1, 0.15) is 31.9 Å². The Morgan fingerprint density at radius 2 is 2.00 bits per heavy atom. The summed E-state index contributed by atoms with van der Waals surface area (Å²) in [4.78, 5) is 14.1. The van der Waals surface area contributed by atoms with Crippen LogP contribution >= 0.6 is 0 Å². The van der Waals surface area contributed by atoms with E-state index in [-0.39, 0.29) is 5.91 Å². The highest BCUT2D eigenvalue weighted by Crippen LogP contribution is 2.09. The van der Waals surface area contributed by atoms with Crippen LogP contribution in [0, 0.1) is 0 Å². The maximum Gasteiger partial charge on any atom is 0.241 e. The van der Waals surface area contributed by atoms with Gasteiger partial charge in [0.2, 0.25) is 5.91 Å². The number of carbonyl (C=O) groups is 1. The van der Waals surface area contributed by atoms with Crippen LogP contribution in [0.25, 0.3) is 0 Å². The van der Waals surface area contributed by atoms with Gasteiger partial charge in [0.05, 0.1) is 0 Å². The Morgan fingerprint density at radius 3 is 2.58 bits per heavy atom. The van der Waals surface area contributed by atoms with E-state index in [1.165, 1.54) is 0 Å². The normalized spacial score (nSPS) is 14.2. The van der Waals surface area contributed by atoms with E-state index in [1.54, 1.807) is 0 Å². The molecule has 0 spiro atoms. The summed E-state index contributed by atoms with van der Waals surface area (Å²) in [5.74, 6) is -0.122. The summed E-state index contributed by atoms with van der Waals surface area (Å²) in [5.41, 5.74) is 6.76. The standard InChI is InChI=1S/C15H25N3O/c1-4-12(2)18(3)11-10-17-15(19)14(16)13-8-6-5-7-9-13/h5-9,12,14H,4,10-11,16H2,1-3H3,(H,17,19)/t12?,14-/m0/s1. The third-order valence-corrected chi connectivity index (χ3v) is 3.55. The molecule has 1 amide bonds. The Kier molecular flexibility index (Phi) is 6.53. The van der Waals surface area contributed by atoms with Gasteiger partial charge in [-0.05, 0) is 26.0 Å². The zero-order valence-corrected chi connectivity index (χ0v) is 12.1. The molecule has 1 aromatic rings. The number of benzene rings is 1. The third kappa shape index (κ3) is 5.01. The first-order chi connectivity index (χ1) is 9.06. The molecule has 0 saturated heterocycles. The van der Waals surface area contributed by atoms with Crippen molar-refractivity contribution in [2.75, 3.05) is 20.1 Å². The Labute approximate surface area is 116 Å². The second-order valence-electron chi connectivity index (χ2n) is 4.92. The molecular weight excluding hydrogens is 238 g/mol. The Bertz CT molecular complexity index is 380. The Morgan fingerprint density at radius 1 is 1.37 bits per heavy atom. The van der Waals surface area contributed by atoms with Crippen LogP contribution in [0.15, 0.2) is 30.3 Å². The van der Waals surface area contributed by atoms with Crippen molar-refractivity contribution in [3.05, 3.63) is 35.9 Å². The van der Waals surface area contributed by atoms with Crippen molar-refractivity contribution in [3.63, 3.8) is 0 Å². The van der Waals surface area contributed by atoms with Gasteiger partial charge in [0.1, 0.15) is 6.04 Å². The number of nitrogens with two attached hydrogens (primary N) is 1. The van der Waals surface area contributed by atoms with Crippen LogP contribution in [-0.4, -0.2) is 37.0 Å². The highest BCUT2D eigenvalue weighted by Gasteiger charge is 2.15. The number of nitrogens with one attached hydrogen (secondary N) is 1. The molecule has 0 bridgehead atoms. The van der Waals surface area contributed by atoms with E-state index < -0.39 is 6.04 Å². The number of carbonyl (C=O) groups excluding carboxylic acids is 1. The van der Waals surface area contributed by atoms with Crippen molar-refractivity contribution in [3.8, 4) is 0 Å². The minimum Gasteiger partial charge on any atom is -0.353 e. The lowest BCUT2D eigenvalue weighted by Gasteiger charge is -2.23. The number of amides is 1. The van der Waals surface area contributed by atoms with Gasteiger partial charge < -0.3 is 16.0 Å². The van der Waals surface area contributed by atoms with Crippen molar-refractivity contribution in [2.45, 2.75) is 32.4 Å². The molecule has 3 N–H and O–H groups in total. The van der Waals surface area contributed by atoms with Crippen LogP contribution in [0.2, 0.25) is 0 Å². The molecule has 4 heteroatoms. The number of rotatable bonds is 7. The molecule has 0 fully saturated rings. The first kappa shape index (κ1) is 15.7. The van der Waals surface area contributed by atoms with Crippen molar-refractivity contribution < 1.29 is 4.79 Å². The van der Waals surface area contributed by atoms with E-state index in [1.807, 2.05) is 30.3 Å². The largest absolute Gasteiger partial charge is 0.353 e. The average Bonchev–Trinajstić information content (AvgIpc) is 2.46. The molecule has 0 aliphatic carbocycles. The molecule has 19 heavy (non-hydrogen) atoms. The minimum atomic E-state index is -0.588. The van der Waals surface area contributed by atoms with Gasteiger partial charge in [0.15, 0.2) is 0 Å². The molecular formula is C15H25N3O. The average molecular weight is 263 g/mol. The van der Waals surface area contributed by atoms with Gasteiger partial charge in [0.25, 0.3) is 0 Å². The smallest absolute Gasteiger partial charge is 0.241 e. The summed E-state index contributed by atoms with van der Waals surface area (Å²) in [5, 5.41) is 2.89. The number of nitrogens with zero attached hydrogens (tertiary/aromatic N) is 1. The zero-order chi connectivity index (χ0) is 14.3. The molecule has 0 aliphatic rings. The summed E-state index contributed by atoms with van der Waals surface area (Å²) < 4.78 is 0. The fourth-order valence-electron chi connectivity index (χ4n) is 1.81. The van der Waals surface area contributed by atoms with E-state index in [0.717, 1.165) is 18.5 Å². The van der Waals surface area contributed by atoms with Gasteiger partial charge in [-0.2, -0.15) is 0 Å². The first-order valence-corrected chi connectivity index (χ1v) is 6.84. The van der Waals surface area contributed by atoms with Crippen molar-refractivity contribution >= 4 is 5.91 Å². The molecule has 0 saturated carbocycles. The Hall–Kier alpha value is -1.39. The molecule has 4 nitrogen and oxygen atoms in total. The van der Waals surface area contributed by atoms with Gasteiger partial charge in [0, 0.05) is 19.1 Å². The van der Waals surface area contributed by atoms with Crippen LogP contribution in [0.4, 0.5) is 0 Å². The lowest BCUT2D eigenvalue weighted by molar-refractivity contribution is -0.122. The van der Waals surface area contributed by atoms with Crippen molar-refractivity contribution in [1.29, 1.82) is 0 Å². The van der Waals surface area contributed by atoms with Gasteiger partial charge in [-0.1, -0.05) is 37.3 Å². The van der Waals surface area contributed by atoms with E-state index >= 15 is 0 Å². The zero-order valence-electron chi connectivity index (χ0n) is 12.1. The lowest BCUT2D eigenvalue weighted by atomic mass is 10.1. The number of likely N-dealkylation sites (N-methyl/N-ethyl adjacent to an activating group) is 1. The molecule has 1 rings (SSSR count). The van der Waals surface area contributed by atoms with Crippen molar-refractivity contribution in [2.24, 2.45) is 5.73 Å². The van der Waals surface area contributed by atoms with E-state index in [2.05, 4.69) is 31.1 Å². The lowest BCUT2D eigenvalue weighted by Crippen LogP contribution is -2.40. The van der Waals surface area contributed by atoms with E-state index in [9.17, 15) is 4.79 Å². The third-order valence-electron chi connectivity index (χ3n) is 3.55. The van der Waals surface area contributed by atoms with Gasteiger partial charge in [-0.25, -0.2) is 0 Å². The number of hydrogen-bond acceptors (Lipinski definition) is 3. The second-order valence-corrected chi connectivity index (χ2v) is 4.92. The summed E-state index contributed by atoms with van der Waals surface area (Å²) in [6, 6.07) is 9.37. The maximum absolute atomic E-state index is 11.9. The second kappa shape index (κ2) is 7.92. The molecule has 106 valence electrons.